The zero-order valence-corrected chi connectivity index (χ0v) is 23.3. The molecule has 0 spiro atoms. The lowest BCUT2D eigenvalue weighted by atomic mass is 9.99. The van der Waals surface area contributed by atoms with Gasteiger partial charge in [-0.15, -0.1) is 13.2 Å². The molecule has 1 aliphatic rings. The number of carbonyl (C=O) groups is 2. The maximum Gasteiger partial charge on any atom is 0.573 e. The van der Waals surface area contributed by atoms with E-state index in [9.17, 15) is 22.8 Å². The van der Waals surface area contributed by atoms with Crippen LogP contribution in [0.4, 0.5) is 29.3 Å². The van der Waals surface area contributed by atoms with E-state index in [1.54, 1.807) is 25.1 Å². The molecule has 8 nitrogen and oxygen atoms in total. The van der Waals surface area contributed by atoms with Crippen LogP contribution >= 0.6 is 23.2 Å². The van der Waals surface area contributed by atoms with Crippen LogP contribution in [0.3, 0.4) is 0 Å². The maximum absolute atomic E-state index is 13.2. The van der Waals surface area contributed by atoms with Crippen LogP contribution in [0.15, 0.2) is 78.5 Å². The number of likely N-dealkylation sites (N-methyl/N-ethyl adjacent to an activating group) is 1. The molecular weight excluding hydrogens is 584 g/mol. The van der Waals surface area contributed by atoms with Crippen molar-refractivity contribution in [1.82, 2.24) is 10.2 Å². The fraction of sp³-hybridized carbons (Fsp3) is 0.214. The second kappa shape index (κ2) is 12.2. The number of rotatable bonds is 8. The SMILES string of the molecule is CN(C(=O)CNC(=O)Nc1ccc(OC(F)(F)F)cc1)C1=C(OCc2ccccc2)c2cc(Cl)ccc2NC1(C)Cl. The minimum absolute atomic E-state index is 0.189. The lowest BCUT2D eigenvalue weighted by Crippen LogP contribution is -2.47. The highest BCUT2D eigenvalue weighted by atomic mass is 35.5. The van der Waals surface area contributed by atoms with Crippen LogP contribution in [0.5, 0.6) is 5.75 Å². The zero-order valence-electron chi connectivity index (χ0n) is 21.8. The molecule has 1 unspecified atom stereocenters. The average Bonchev–Trinajstić information content (AvgIpc) is 2.90. The number of anilines is 2. The molecule has 1 aliphatic heterocycles. The van der Waals surface area contributed by atoms with Crippen LogP contribution in [-0.2, 0) is 16.1 Å². The molecule has 3 amide bonds. The van der Waals surface area contributed by atoms with Crippen molar-refractivity contribution in [3.8, 4) is 5.75 Å². The van der Waals surface area contributed by atoms with Crippen molar-refractivity contribution in [1.29, 1.82) is 0 Å². The maximum atomic E-state index is 13.2. The number of amides is 3. The summed E-state index contributed by atoms with van der Waals surface area (Å²) in [5.41, 5.74) is 2.64. The zero-order chi connectivity index (χ0) is 29.8. The molecule has 3 aromatic rings. The largest absolute Gasteiger partial charge is 0.573 e. The Kier molecular flexibility index (Phi) is 8.89. The monoisotopic (exact) mass is 608 g/mol. The van der Waals surface area contributed by atoms with Gasteiger partial charge < -0.3 is 30.3 Å². The van der Waals surface area contributed by atoms with E-state index in [4.69, 9.17) is 27.9 Å². The highest BCUT2D eigenvalue weighted by Gasteiger charge is 2.40. The normalized spacial score (nSPS) is 16.3. The average molecular weight is 609 g/mol. The van der Waals surface area contributed by atoms with Gasteiger partial charge in [-0.3, -0.25) is 4.79 Å². The Hall–Kier alpha value is -4.09. The summed E-state index contributed by atoms with van der Waals surface area (Å²) in [6, 6.07) is 18.4. The lowest BCUT2D eigenvalue weighted by Gasteiger charge is -2.39. The summed E-state index contributed by atoms with van der Waals surface area (Å²) in [5.74, 6) is -0.625. The van der Waals surface area contributed by atoms with Crippen LogP contribution in [0.25, 0.3) is 5.76 Å². The van der Waals surface area contributed by atoms with Crippen molar-refractivity contribution in [2.75, 3.05) is 24.2 Å². The molecule has 3 N–H and O–H groups in total. The molecule has 0 aliphatic carbocycles. The molecule has 1 atom stereocenters. The number of ether oxygens (including phenoxy) is 2. The second-order valence-electron chi connectivity index (χ2n) is 9.10. The van der Waals surface area contributed by atoms with Gasteiger partial charge in [-0.2, -0.15) is 0 Å². The Morgan fingerprint density at radius 3 is 2.39 bits per heavy atom. The Balaban J connectivity index is 1.50. The predicted molar refractivity (Wildman–Crippen MR) is 150 cm³/mol. The molecule has 41 heavy (non-hydrogen) atoms. The van der Waals surface area contributed by atoms with Crippen molar-refractivity contribution in [2.24, 2.45) is 0 Å². The molecule has 13 heteroatoms. The molecule has 0 saturated heterocycles. The molecule has 0 fully saturated rings. The highest BCUT2D eigenvalue weighted by molar-refractivity contribution is 6.31. The van der Waals surface area contributed by atoms with E-state index in [-0.39, 0.29) is 12.3 Å². The number of alkyl halides is 4. The van der Waals surface area contributed by atoms with Crippen LogP contribution < -0.4 is 20.7 Å². The standard InChI is InChI=1S/C28H25Cl2F3N4O4/c1-27(30)25(24(40-16-17-6-4-3-5-7-17)21-14-18(29)8-13-22(21)36-27)37(2)23(38)15-34-26(39)35-19-9-11-20(12-10-19)41-28(31,32)33/h3-14,36H,15-16H2,1-2H3,(H2,34,35,39). The van der Waals surface area contributed by atoms with Crippen LogP contribution in [0.1, 0.15) is 18.1 Å². The molecule has 216 valence electrons. The van der Waals surface area contributed by atoms with E-state index in [0.29, 0.717) is 27.7 Å². The molecular formula is C28H25Cl2F3N4O4. The van der Waals surface area contributed by atoms with Crippen LogP contribution in [0.2, 0.25) is 5.02 Å². The van der Waals surface area contributed by atoms with E-state index >= 15 is 0 Å². The smallest absolute Gasteiger partial charge is 0.486 e. The minimum atomic E-state index is -4.83. The number of urea groups is 1. The van der Waals surface area contributed by atoms with Crippen molar-refractivity contribution in [3.63, 3.8) is 0 Å². The summed E-state index contributed by atoms with van der Waals surface area (Å²) >= 11 is 13.2. The van der Waals surface area contributed by atoms with E-state index < -0.39 is 35.6 Å². The van der Waals surface area contributed by atoms with E-state index in [1.807, 2.05) is 30.3 Å². The minimum Gasteiger partial charge on any atom is -0.486 e. The van der Waals surface area contributed by atoms with Crippen LogP contribution in [0, 0.1) is 0 Å². The van der Waals surface area contributed by atoms with Gasteiger partial charge in [0, 0.05) is 29.0 Å². The van der Waals surface area contributed by atoms with Gasteiger partial charge in [-0.05, 0) is 55.0 Å². The number of nitrogens with one attached hydrogen (secondary N) is 3. The fourth-order valence-corrected chi connectivity index (χ4v) is 4.61. The summed E-state index contributed by atoms with van der Waals surface area (Å²) in [4.78, 5) is 25.6. The third kappa shape index (κ3) is 7.77. The lowest BCUT2D eigenvalue weighted by molar-refractivity contribution is -0.274. The third-order valence-electron chi connectivity index (χ3n) is 5.94. The molecule has 0 saturated carbocycles. The van der Waals surface area contributed by atoms with Crippen molar-refractivity contribution in [2.45, 2.75) is 24.9 Å². The van der Waals surface area contributed by atoms with Crippen LogP contribution in [-0.4, -0.2) is 41.8 Å². The summed E-state index contributed by atoms with van der Waals surface area (Å²) in [6.45, 7) is 1.43. The first-order valence-electron chi connectivity index (χ1n) is 12.2. The highest BCUT2D eigenvalue weighted by Crippen LogP contribution is 2.44. The second-order valence-corrected chi connectivity index (χ2v) is 10.3. The fourth-order valence-electron chi connectivity index (χ4n) is 4.12. The summed E-state index contributed by atoms with van der Waals surface area (Å²) in [6.07, 6.45) is -4.83. The topological polar surface area (TPSA) is 91.9 Å². The first-order valence-corrected chi connectivity index (χ1v) is 12.9. The number of nitrogens with zero attached hydrogens (tertiary/aromatic N) is 1. The summed E-state index contributed by atoms with van der Waals surface area (Å²) < 4.78 is 47.1. The number of carbonyl (C=O) groups excluding carboxylic acids is 2. The quantitative estimate of drug-likeness (QED) is 0.193. The van der Waals surface area contributed by atoms with Gasteiger partial charge in [0.25, 0.3) is 0 Å². The number of hydrogen-bond acceptors (Lipinski definition) is 5. The molecule has 0 radical (unpaired) electrons. The van der Waals surface area contributed by atoms with Crippen molar-refractivity contribution in [3.05, 3.63) is 94.6 Å². The molecule has 3 aromatic carbocycles. The number of benzene rings is 3. The van der Waals surface area contributed by atoms with Gasteiger partial charge in [0.2, 0.25) is 5.91 Å². The number of fused-ring (bicyclic) bond motifs is 1. The van der Waals surface area contributed by atoms with Crippen molar-refractivity contribution < 1.29 is 32.2 Å². The summed E-state index contributed by atoms with van der Waals surface area (Å²) in [7, 11) is 1.50. The molecule has 4 rings (SSSR count). The summed E-state index contributed by atoms with van der Waals surface area (Å²) in [5, 5.41) is 8.51. The first-order chi connectivity index (χ1) is 19.3. The third-order valence-corrected chi connectivity index (χ3v) is 6.45. The van der Waals surface area contributed by atoms with Gasteiger partial charge >= 0.3 is 12.4 Å². The first kappa shape index (κ1) is 29.9. The van der Waals surface area contributed by atoms with E-state index in [1.165, 1.54) is 24.1 Å². The number of hydrogen-bond donors (Lipinski definition) is 3. The Bertz CT molecular complexity index is 1450. The van der Waals surface area contributed by atoms with Gasteiger partial charge in [0.1, 0.15) is 18.1 Å². The Morgan fingerprint density at radius 1 is 1.05 bits per heavy atom. The molecule has 0 bridgehead atoms. The van der Waals surface area contributed by atoms with Gasteiger partial charge in [0.15, 0.2) is 10.8 Å². The molecule has 1 heterocycles. The van der Waals surface area contributed by atoms with Gasteiger partial charge in [-0.1, -0.05) is 53.5 Å². The van der Waals surface area contributed by atoms with Gasteiger partial charge in [0.05, 0.1) is 6.54 Å². The Labute approximate surface area is 244 Å². The predicted octanol–water partition coefficient (Wildman–Crippen LogP) is 6.78. The van der Waals surface area contributed by atoms with Gasteiger partial charge in [-0.25, -0.2) is 4.79 Å². The molecule has 0 aromatic heterocycles. The van der Waals surface area contributed by atoms with E-state index in [2.05, 4.69) is 20.7 Å². The van der Waals surface area contributed by atoms with E-state index in [0.717, 1.165) is 17.7 Å². The number of halogens is 5. The van der Waals surface area contributed by atoms with Crippen molar-refractivity contribution >= 4 is 52.3 Å². The Morgan fingerprint density at radius 2 is 1.73 bits per heavy atom.